The van der Waals surface area contributed by atoms with Gasteiger partial charge >= 0.3 is 6.18 Å². The zero-order valence-corrected chi connectivity index (χ0v) is 21.8. The first-order valence-electron chi connectivity index (χ1n) is 12.4. The first kappa shape index (κ1) is 25.8. The van der Waals surface area contributed by atoms with E-state index in [2.05, 4.69) is 26.7 Å². The number of anilines is 3. The summed E-state index contributed by atoms with van der Waals surface area (Å²) in [6, 6.07) is 7.83. The molecule has 3 aromatic rings. The van der Waals surface area contributed by atoms with E-state index in [4.69, 9.17) is 9.97 Å². The van der Waals surface area contributed by atoms with Crippen molar-refractivity contribution in [1.82, 2.24) is 25.1 Å². The van der Waals surface area contributed by atoms with E-state index in [0.717, 1.165) is 36.8 Å². The first-order valence-corrected chi connectivity index (χ1v) is 14.7. The summed E-state index contributed by atoms with van der Waals surface area (Å²) in [6.07, 6.45) is 0.0684. The molecule has 8 nitrogen and oxygen atoms in total. The molecule has 4 atom stereocenters. The topological polar surface area (TPSA) is 98.8 Å². The Morgan fingerprint density at radius 1 is 1.16 bits per heavy atom. The Kier molecular flexibility index (Phi) is 6.82. The van der Waals surface area contributed by atoms with Crippen LogP contribution in [0.5, 0.6) is 0 Å². The van der Waals surface area contributed by atoms with Crippen LogP contribution in [0.4, 0.5) is 30.6 Å². The van der Waals surface area contributed by atoms with Gasteiger partial charge in [-0.1, -0.05) is 0 Å². The second-order valence-electron chi connectivity index (χ2n) is 10.4. The van der Waals surface area contributed by atoms with E-state index < -0.39 is 22.1 Å². The molecular weight excluding hydrogens is 503 g/mol. The largest absolute Gasteiger partial charge is 0.390 e. The van der Waals surface area contributed by atoms with Gasteiger partial charge in [-0.05, 0) is 60.1 Å². The van der Waals surface area contributed by atoms with Crippen LogP contribution in [0, 0.1) is 6.92 Å². The predicted octanol–water partition coefficient (Wildman–Crippen LogP) is 4.61. The quantitative estimate of drug-likeness (QED) is 0.362. The van der Waals surface area contributed by atoms with Crippen LogP contribution in [0.25, 0.3) is 10.9 Å². The van der Waals surface area contributed by atoms with Gasteiger partial charge in [0.2, 0.25) is 0 Å². The molecule has 200 valence electrons. The number of fused-ring (bicyclic) bond motifs is 3. The van der Waals surface area contributed by atoms with Gasteiger partial charge in [-0.2, -0.15) is 18.3 Å². The molecule has 2 aliphatic heterocycles. The molecule has 0 spiro atoms. The molecule has 2 unspecified atom stereocenters. The summed E-state index contributed by atoms with van der Waals surface area (Å²) in [7, 11) is -2.26. The molecule has 12 heteroatoms. The molecule has 5 rings (SSSR count). The second kappa shape index (κ2) is 9.79. The minimum Gasteiger partial charge on any atom is -0.367 e. The van der Waals surface area contributed by atoms with Crippen molar-refractivity contribution in [2.45, 2.75) is 69.1 Å². The average molecular weight is 536 g/mol. The minimum absolute atomic E-state index is 0.0643. The van der Waals surface area contributed by atoms with Gasteiger partial charge in [0.05, 0.1) is 23.4 Å². The number of hydrogen-bond donors (Lipinski definition) is 3. The van der Waals surface area contributed by atoms with Gasteiger partial charge in [0.15, 0.2) is 5.82 Å². The van der Waals surface area contributed by atoms with Gasteiger partial charge in [-0.25, -0.2) is 4.98 Å². The van der Waals surface area contributed by atoms with Crippen LogP contribution < -0.4 is 10.6 Å². The molecule has 2 aliphatic rings. The lowest BCUT2D eigenvalue weighted by molar-refractivity contribution is -0.140. The molecule has 37 heavy (non-hydrogen) atoms. The maximum Gasteiger partial charge on any atom is 0.390 e. The standard InChI is InChI=1S/C25H32F3N7OS/c1-15-10-23(34-33-15)31-22-13-21-20(7-4-16(29-21)14-37(2,3)36)24(32-22)30-17-11-18-5-6-19(12-17)35(18)9-8-25(26,27)28/h4,7,10,13,17-19H,2,5-6,8-9,11-12,14H2,1,3H3,(H3,30,31,32,33,34)/t17?,18-,19+,37?. The number of nitrogens with one attached hydrogen (secondary N) is 3. The van der Waals surface area contributed by atoms with Gasteiger partial charge < -0.3 is 10.6 Å². The van der Waals surface area contributed by atoms with Crippen molar-refractivity contribution in [2.75, 3.05) is 23.4 Å². The molecule has 5 heterocycles. The van der Waals surface area contributed by atoms with Crippen molar-refractivity contribution in [3.8, 4) is 0 Å². The van der Waals surface area contributed by atoms with Crippen LogP contribution in [0.15, 0.2) is 24.3 Å². The Morgan fingerprint density at radius 2 is 1.89 bits per heavy atom. The van der Waals surface area contributed by atoms with Gasteiger partial charge in [0, 0.05) is 54.1 Å². The lowest BCUT2D eigenvalue weighted by atomic mass is 9.96. The maximum absolute atomic E-state index is 12.8. The third-order valence-electron chi connectivity index (χ3n) is 7.04. The van der Waals surface area contributed by atoms with E-state index in [1.807, 2.05) is 36.1 Å². The van der Waals surface area contributed by atoms with E-state index in [1.54, 1.807) is 6.26 Å². The van der Waals surface area contributed by atoms with Crippen molar-refractivity contribution in [1.29, 1.82) is 0 Å². The van der Waals surface area contributed by atoms with Crippen LogP contribution >= 0.6 is 0 Å². The molecule has 0 radical (unpaired) electrons. The van der Waals surface area contributed by atoms with Gasteiger partial charge in [-0.3, -0.25) is 19.2 Å². The van der Waals surface area contributed by atoms with Crippen LogP contribution in [-0.2, 0) is 15.3 Å². The van der Waals surface area contributed by atoms with Crippen molar-refractivity contribution >= 4 is 43.7 Å². The number of nitrogens with zero attached hydrogens (tertiary/aromatic N) is 4. The minimum atomic E-state index is -4.14. The van der Waals surface area contributed by atoms with Gasteiger partial charge in [0.1, 0.15) is 11.6 Å². The van der Waals surface area contributed by atoms with Crippen LogP contribution in [0.1, 0.15) is 43.5 Å². The van der Waals surface area contributed by atoms with Gasteiger partial charge in [-0.15, -0.1) is 0 Å². The Labute approximate surface area is 214 Å². The number of hydrogen-bond acceptors (Lipinski definition) is 7. The van der Waals surface area contributed by atoms with Crippen molar-refractivity contribution in [3.05, 3.63) is 35.7 Å². The van der Waals surface area contributed by atoms with Crippen LogP contribution in [0.2, 0.25) is 0 Å². The Balaban J connectivity index is 1.40. The molecule has 3 aromatic heterocycles. The zero-order chi connectivity index (χ0) is 26.4. The first-order chi connectivity index (χ1) is 17.4. The Hall–Kier alpha value is -2.86. The van der Waals surface area contributed by atoms with Crippen molar-refractivity contribution in [3.63, 3.8) is 0 Å². The number of aromatic amines is 1. The molecule has 2 bridgehead atoms. The summed E-state index contributed by atoms with van der Waals surface area (Å²) < 4.78 is 50.7. The Bertz CT molecular complexity index is 1370. The average Bonchev–Trinajstić information content (AvgIpc) is 3.29. The van der Waals surface area contributed by atoms with E-state index >= 15 is 0 Å². The smallest absolute Gasteiger partial charge is 0.367 e. The van der Waals surface area contributed by atoms with E-state index in [-0.39, 0.29) is 30.4 Å². The highest BCUT2D eigenvalue weighted by Crippen LogP contribution is 2.38. The SMILES string of the molecule is C=S(C)(=O)Cc1ccc2c(NC3C[C@H]4CC[C@@H](C3)N4CCC(F)(F)F)nc(Nc3cc(C)[nH]n3)cc2n1. The lowest BCUT2D eigenvalue weighted by Gasteiger charge is -2.39. The number of piperidine rings is 1. The fourth-order valence-corrected chi connectivity index (χ4v) is 6.34. The van der Waals surface area contributed by atoms with E-state index in [0.29, 0.717) is 28.7 Å². The van der Waals surface area contributed by atoms with Crippen molar-refractivity contribution < 1.29 is 17.4 Å². The summed E-state index contributed by atoms with van der Waals surface area (Å²) in [6.45, 7) is 1.97. The fourth-order valence-electron chi connectivity index (χ4n) is 5.56. The third kappa shape index (κ3) is 6.35. The second-order valence-corrected chi connectivity index (χ2v) is 13.1. The normalized spacial score (nSPS) is 23.8. The molecule has 0 amide bonds. The van der Waals surface area contributed by atoms with E-state index in [1.165, 1.54) is 0 Å². The summed E-state index contributed by atoms with van der Waals surface area (Å²) in [4.78, 5) is 11.6. The molecule has 3 N–H and O–H groups in total. The molecule has 0 aromatic carbocycles. The molecule has 0 aliphatic carbocycles. The molecule has 0 saturated carbocycles. The monoisotopic (exact) mass is 535 g/mol. The van der Waals surface area contributed by atoms with E-state index in [9.17, 15) is 17.4 Å². The van der Waals surface area contributed by atoms with Crippen LogP contribution in [0.3, 0.4) is 0 Å². The van der Waals surface area contributed by atoms with Gasteiger partial charge in [0.25, 0.3) is 0 Å². The fraction of sp³-hybridized carbons (Fsp3) is 0.520. The number of rotatable bonds is 8. The highest BCUT2D eigenvalue weighted by molar-refractivity contribution is 7.98. The number of pyridine rings is 2. The summed E-state index contributed by atoms with van der Waals surface area (Å²) in [5.74, 6) is 5.85. The number of aromatic nitrogens is 4. The highest BCUT2D eigenvalue weighted by atomic mass is 32.2. The number of alkyl halides is 3. The van der Waals surface area contributed by atoms with Crippen molar-refractivity contribution in [2.24, 2.45) is 0 Å². The lowest BCUT2D eigenvalue weighted by Crippen LogP contribution is -2.47. The molecular formula is C25H32F3N7OS. The zero-order valence-electron chi connectivity index (χ0n) is 20.9. The Morgan fingerprint density at radius 3 is 2.51 bits per heavy atom. The summed E-state index contributed by atoms with van der Waals surface area (Å²) in [5, 5.41) is 14.7. The number of aryl methyl sites for hydroxylation is 1. The summed E-state index contributed by atoms with van der Waals surface area (Å²) >= 11 is 0. The molecule has 2 fully saturated rings. The maximum atomic E-state index is 12.8. The highest BCUT2D eigenvalue weighted by Gasteiger charge is 2.42. The predicted molar refractivity (Wildman–Crippen MR) is 142 cm³/mol. The molecule has 2 saturated heterocycles. The summed E-state index contributed by atoms with van der Waals surface area (Å²) in [5.41, 5.74) is 2.28. The number of halogens is 3. The third-order valence-corrected chi connectivity index (χ3v) is 7.94. The number of H-pyrrole nitrogens is 1. The van der Waals surface area contributed by atoms with Crippen LogP contribution in [-0.4, -0.2) is 72.2 Å².